The van der Waals surface area contributed by atoms with Crippen molar-refractivity contribution in [2.24, 2.45) is 0 Å². The van der Waals surface area contributed by atoms with Crippen molar-refractivity contribution in [1.82, 2.24) is 15.6 Å². The van der Waals surface area contributed by atoms with Crippen molar-refractivity contribution in [3.05, 3.63) is 23.2 Å². The average molecular weight is 332 g/mol. The van der Waals surface area contributed by atoms with Gasteiger partial charge in [-0.1, -0.05) is 13.8 Å². The first-order valence-corrected chi connectivity index (χ1v) is 8.60. The summed E-state index contributed by atoms with van der Waals surface area (Å²) in [6, 6.07) is 4.83. The Labute approximate surface area is 138 Å². The zero-order chi connectivity index (χ0) is 16.4. The quantitative estimate of drug-likeness (QED) is 0.808. The lowest BCUT2D eigenvalue weighted by molar-refractivity contribution is -0.124. The van der Waals surface area contributed by atoms with Crippen LogP contribution in [0, 0.1) is 0 Å². The predicted molar refractivity (Wildman–Crippen MR) is 91.9 cm³/mol. The Morgan fingerprint density at radius 3 is 3.00 bits per heavy atom. The number of fused-ring (bicyclic) bond motifs is 1. The highest BCUT2D eigenvalue weighted by Crippen LogP contribution is 2.29. The van der Waals surface area contributed by atoms with Gasteiger partial charge in [0.1, 0.15) is 6.04 Å². The maximum absolute atomic E-state index is 12.1. The van der Waals surface area contributed by atoms with Crippen molar-refractivity contribution in [3.63, 3.8) is 0 Å². The van der Waals surface area contributed by atoms with Gasteiger partial charge in [-0.25, -0.2) is 9.78 Å². The van der Waals surface area contributed by atoms with Gasteiger partial charge in [0.05, 0.1) is 15.2 Å². The second-order valence-electron chi connectivity index (χ2n) is 5.97. The van der Waals surface area contributed by atoms with Crippen LogP contribution in [0.5, 0.6) is 0 Å². The number of anilines is 1. The fourth-order valence-corrected chi connectivity index (χ4v) is 3.51. The van der Waals surface area contributed by atoms with Crippen molar-refractivity contribution < 1.29 is 9.59 Å². The third-order valence-corrected chi connectivity index (χ3v) is 5.07. The molecule has 1 aromatic heterocycles. The van der Waals surface area contributed by atoms with E-state index in [1.54, 1.807) is 11.3 Å². The SMILES string of the molecule is CC(C)c1nc2ccc(NC(=O)NC3CCCNC3=O)cc2s1. The highest BCUT2D eigenvalue weighted by Gasteiger charge is 2.23. The van der Waals surface area contributed by atoms with Crippen LogP contribution in [-0.2, 0) is 4.79 Å². The molecule has 2 heterocycles. The van der Waals surface area contributed by atoms with E-state index in [0.717, 1.165) is 21.6 Å². The van der Waals surface area contributed by atoms with Crippen molar-refractivity contribution >= 4 is 39.2 Å². The van der Waals surface area contributed by atoms with Crippen LogP contribution in [0.2, 0.25) is 0 Å². The van der Waals surface area contributed by atoms with Crippen LogP contribution in [0.1, 0.15) is 37.6 Å². The second kappa shape index (κ2) is 6.54. The Morgan fingerprint density at radius 2 is 2.26 bits per heavy atom. The van der Waals surface area contributed by atoms with Crippen molar-refractivity contribution in [2.45, 2.75) is 38.6 Å². The fraction of sp³-hybridized carbons (Fsp3) is 0.438. The number of carbonyl (C=O) groups excluding carboxylic acids is 2. The van der Waals surface area contributed by atoms with Crippen molar-refractivity contribution in [1.29, 1.82) is 0 Å². The number of aromatic nitrogens is 1. The molecule has 0 saturated carbocycles. The summed E-state index contributed by atoms with van der Waals surface area (Å²) in [5.74, 6) is 0.266. The Bertz CT molecular complexity index is 741. The first kappa shape index (κ1) is 15.7. The van der Waals surface area contributed by atoms with Crippen LogP contribution in [0.3, 0.4) is 0 Å². The summed E-state index contributed by atoms with van der Waals surface area (Å²) >= 11 is 1.64. The van der Waals surface area contributed by atoms with Gasteiger partial charge >= 0.3 is 6.03 Å². The molecule has 0 radical (unpaired) electrons. The molecular weight excluding hydrogens is 312 g/mol. The standard InChI is InChI=1S/C16H20N4O2S/c1-9(2)15-19-11-6-5-10(8-13(11)23-15)18-16(22)20-12-4-3-7-17-14(12)21/h5-6,8-9,12H,3-4,7H2,1-2H3,(H,17,21)(H2,18,20,22). The number of carbonyl (C=O) groups is 2. The summed E-state index contributed by atoms with van der Waals surface area (Å²) in [5, 5.41) is 9.34. The normalized spacial score (nSPS) is 18.0. The van der Waals surface area contributed by atoms with Crippen LogP contribution in [0.15, 0.2) is 18.2 Å². The molecule has 3 amide bonds. The molecular formula is C16H20N4O2S. The number of urea groups is 1. The Balaban J connectivity index is 1.68. The molecule has 3 N–H and O–H groups in total. The van der Waals surface area contributed by atoms with Crippen molar-refractivity contribution in [2.75, 3.05) is 11.9 Å². The molecule has 1 unspecified atom stereocenters. The first-order valence-electron chi connectivity index (χ1n) is 7.78. The smallest absolute Gasteiger partial charge is 0.319 e. The van der Waals surface area contributed by atoms with Crippen LogP contribution in [0.4, 0.5) is 10.5 Å². The topological polar surface area (TPSA) is 83.1 Å². The van der Waals surface area contributed by atoms with Gasteiger partial charge < -0.3 is 16.0 Å². The molecule has 1 aromatic carbocycles. The van der Waals surface area contributed by atoms with Crippen LogP contribution < -0.4 is 16.0 Å². The molecule has 3 rings (SSSR count). The summed E-state index contributed by atoms with van der Waals surface area (Å²) in [5.41, 5.74) is 1.64. The number of thiazole rings is 1. The van der Waals surface area contributed by atoms with E-state index in [1.165, 1.54) is 0 Å². The van der Waals surface area contributed by atoms with Crippen LogP contribution in [-0.4, -0.2) is 29.5 Å². The van der Waals surface area contributed by atoms with E-state index < -0.39 is 6.04 Å². The maximum Gasteiger partial charge on any atom is 0.319 e. The minimum atomic E-state index is -0.455. The van der Waals surface area contributed by atoms with Gasteiger partial charge in [-0.3, -0.25) is 4.79 Å². The lowest BCUT2D eigenvalue weighted by Gasteiger charge is -2.22. The third-order valence-electron chi connectivity index (χ3n) is 3.75. The second-order valence-corrected chi connectivity index (χ2v) is 7.04. The number of hydrogen-bond donors (Lipinski definition) is 3. The van der Waals surface area contributed by atoms with Gasteiger partial charge in [0.25, 0.3) is 0 Å². The summed E-state index contributed by atoms with van der Waals surface area (Å²) in [6.45, 7) is 4.90. The molecule has 0 bridgehead atoms. The summed E-state index contributed by atoms with van der Waals surface area (Å²) in [6.07, 6.45) is 1.55. The number of benzene rings is 1. The zero-order valence-electron chi connectivity index (χ0n) is 13.2. The molecule has 7 heteroatoms. The molecule has 2 aromatic rings. The molecule has 6 nitrogen and oxygen atoms in total. The number of nitrogens with one attached hydrogen (secondary N) is 3. The highest BCUT2D eigenvalue weighted by molar-refractivity contribution is 7.18. The Kier molecular flexibility index (Phi) is 4.47. The van der Waals surface area contributed by atoms with E-state index in [0.29, 0.717) is 24.6 Å². The number of hydrogen-bond acceptors (Lipinski definition) is 4. The number of amides is 3. The van der Waals surface area contributed by atoms with Gasteiger partial charge in [-0.15, -0.1) is 11.3 Å². The predicted octanol–water partition coefficient (Wildman–Crippen LogP) is 2.82. The van der Waals surface area contributed by atoms with Crippen molar-refractivity contribution in [3.8, 4) is 0 Å². The van der Waals surface area contributed by atoms with Gasteiger partial charge in [0.15, 0.2) is 0 Å². The van der Waals surface area contributed by atoms with Gasteiger partial charge in [0.2, 0.25) is 5.91 Å². The van der Waals surface area contributed by atoms with Crippen LogP contribution in [0.25, 0.3) is 10.2 Å². The largest absolute Gasteiger partial charge is 0.354 e. The molecule has 0 aliphatic carbocycles. The summed E-state index contributed by atoms with van der Waals surface area (Å²) < 4.78 is 1.04. The molecule has 1 atom stereocenters. The van der Waals surface area contributed by atoms with Crippen LogP contribution >= 0.6 is 11.3 Å². The molecule has 1 aliphatic heterocycles. The van der Waals surface area contributed by atoms with E-state index >= 15 is 0 Å². The van der Waals surface area contributed by atoms with Gasteiger partial charge in [-0.05, 0) is 31.0 Å². The van der Waals surface area contributed by atoms with Gasteiger partial charge in [0, 0.05) is 18.2 Å². The first-order chi connectivity index (χ1) is 11.0. The lowest BCUT2D eigenvalue weighted by atomic mass is 10.1. The average Bonchev–Trinajstić information content (AvgIpc) is 2.93. The number of piperidine rings is 1. The van der Waals surface area contributed by atoms with E-state index in [2.05, 4.69) is 34.8 Å². The molecule has 0 spiro atoms. The number of nitrogens with zero attached hydrogens (tertiary/aromatic N) is 1. The third kappa shape index (κ3) is 3.61. The highest BCUT2D eigenvalue weighted by atomic mass is 32.1. The van der Waals surface area contributed by atoms with E-state index in [1.807, 2.05) is 18.2 Å². The van der Waals surface area contributed by atoms with E-state index in [-0.39, 0.29) is 11.9 Å². The van der Waals surface area contributed by atoms with Gasteiger partial charge in [-0.2, -0.15) is 0 Å². The summed E-state index contributed by atoms with van der Waals surface area (Å²) in [4.78, 5) is 28.3. The molecule has 1 aliphatic rings. The Morgan fingerprint density at radius 1 is 1.43 bits per heavy atom. The van der Waals surface area contributed by atoms with E-state index in [9.17, 15) is 9.59 Å². The molecule has 122 valence electrons. The Hall–Kier alpha value is -2.15. The number of rotatable bonds is 3. The minimum absolute atomic E-state index is 0.120. The molecule has 1 saturated heterocycles. The molecule has 23 heavy (non-hydrogen) atoms. The monoisotopic (exact) mass is 332 g/mol. The summed E-state index contributed by atoms with van der Waals surface area (Å²) in [7, 11) is 0. The van der Waals surface area contributed by atoms with E-state index in [4.69, 9.17) is 0 Å². The minimum Gasteiger partial charge on any atom is -0.354 e. The lowest BCUT2D eigenvalue weighted by Crippen LogP contribution is -2.51. The fourth-order valence-electron chi connectivity index (χ4n) is 2.50. The molecule has 1 fully saturated rings. The zero-order valence-corrected chi connectivity index (χ0v) is 14.0. The maximum atomic E-state index is 12.1.